The number of nitrogens with zero attached hydrogens (tertiary/aromatic N) is 3. The molecule has 1 aliphatic rings. The fraction of sp³-hybridized carbons (Fsp3) is 0.588. The predicted octanol–water partition coefficient (Wildman–Crippen LogP) is 2.10. The van der Waals surface area contributed by atoms with Crippen LogP contribution in [0.25, 0.3) is 0 Å². The zero-order valence-corrected chi connectivity index (χ0v) is 15.0. The van der Waals surface area contributed by atoms with E-state index in [1.807, 2.05) is 0 Å². The summed E-state index contributed by atoms with van der Waals surface area (Å²) in [5, 5.41) is 3.41. The van der Waals surface area contributed by atoms with Crippen LogP contribution >= 0.6 is 0 Å². The van der Waals surface area contributed by atoms with Gasteiger partial charge in [0.15, 0.2) is 0 Å². The molecule has 136 valence electrons. The fourth-order valence-corrected chi connectivity index (χ4v) is 2.71. The number of urea groups is 1. The lowest BCUT2D eigenvalue weighted by Gasteiger charge is -2.21. The second-order valence-electron chi connectivity index (χ2n) is 6.55. The van der Waals surface area contributed by atoms with Crippen molar-refractivity contribution in [3.63, 3.8) is 0 Å². The van der Waals surface area contributed by atoms with Gasteiger partial charge in [0.25, 0.3) is 11.8 Å². The number of carbonyl (C=O) groups is 3. The molecule has 1 unspecified atom stereocenters. The SMILES string of the molecule is CCCCCCCC1(C)NC(=O)N(NC(=O)c2cnc(C)cn2)C1=O. The van der Waals surface area contributed by atoms with Crippen LogP contribution in [0.15, 0.2) is 12.4 Å². The van der Waals surface area contributed by atoms with Crippen molar-refractivity contribution in [2.75, 3.05) is 0 Å². The maximum atomic E-state index is 12.6. The Morgan fingerprint density at radius 2 is 1.92 bits per heavy atom. The van der Waals surface area contributed by atoms with E-state index in [0.29, 0.717) is 12.1 Å². The van der Waals surface area contributed by atoms with Crippen LogP contribution in [-0.4, -0.2) is 38.4 Å². The van der Waals surface area contributed by atoms with Crippen LogP contribution in [0.1, 0.15) is 68.6 Å². The molecule has 4 amide bonds. The number of carbonyl (C=O) groups excluding carboxylic acids is 3. The average Bonchev–Trinajstić information content (AvgIpc) is 2.79. The van der Waals surface area contributed by atoms with Crippen LogP contribution < -0.4 is 10.7 Å². The minimum Gasteiger partial charge on any atom is -0.322 e. The number of nitrogens with one attached hydrogen (secondary N) is 2. The van der Waals surface area contributed by atoms with E-state index in [9.17, 15) is 14.4 Å². The van der Waals surface area contributed by atoms with Crippen LogP contribution in [-0.2, 0) is 4.79 Å². The molecule has 1 fully saturated rings. The van der Waals surface area contributed by atoms with Crippen molar-refractivity contribution < 1.29 is 14.4 Å². The third kappa shape index (κ3) is 4.52. The van der Waals surface area contributed by atoms with E-state index in [2.05, 4.69) is 27.6 Å². The summed E-state index contributed by atoms with van der Waals surface area (Å²) in [5.41, 5.74) is 2.03. The predicted molar refractivity (Wildman–Crippen MR) is 91.4 cm³/mol. The molecule has 0 bridgehead atoms. The Kier molecular flexibility index (Phi) is 6.06. The average molecular weight is 347 g/mol. The van der Waals surface area contributed by atoms with E-state index < -0.39 is 23.4 Å². The van der Waals surface area contributed by atoms with Crippen molar-refractivity contribution in [1.29, 1.82) is 0 Å². The van der Waals surface area contributed by atoms with Crippen molar-refractivity contribution in [2.45, 2.75) is 64.8 Å². The summed E-state index contributed by atoms with van der Waals surface area (Å²) in [6, 6.07) is -0.630. The van der Waals surface area contributed by atoms with E-state index in [-0.39, 0.29) is 5.69 Å². The van der Waals surface area contributed by atoms with Crippen molar-refractivity contribution in [3.05, 3.63) is 23.8 Å². The lowest BCUT2D eigenvalue weighted by molar-refractivity contribution is -0.132. The molecule has 1 aromatic heterocycles. The van der Waals surface area contributed by atoms with Crippen molar-refractivity contribution in [1.82, 2.24) is 25.7 Å². The standard InChI is InChI=1S/C17H25N5O3/c1-4-5-6-7-8-9-17(3)15(24)22(16(25)20-17)21-14(23)13-11-18-12(2)10-19-13/h10-11H,4-9H2,1-3H3,(H,20,25)(H,21,23). The van der Waals surface area contributed by atoms with Crippen molar-refractivity contribution in [3.8, 4) is 0 Å². The third-order valence-corrected chi connectivity index (χ3v) is 4.27. The van der Waals surface area contributed by atoms with Gasteiger partial charge in [-0.1, -0.05) is 39.0 Å². The van der Waals surface area contributed by atoms with E-state index >= 15 is 0 Å². The zero-order valence-electron chi connectivity index (χ0n) is 15.0. The van der Waals surface area contributed by atoms with Crippen LogP contribution in [0.5, 0.6) is 0 Å². The summed E-state index contributed by atoms with van der Waals surface area (Å²) in [5.74, 6) is -1.11. The monoisotopic (exact) mass is 347 g/mol. The van der Waals surface area contributed by atoms with Gasteiger partial charge >= 0.3 is 6.03 Å². The zero-order chi connectivity index (χ0) is 18.4. The highest BCUT2D eigenvalue weighted by Gasteiger charge is 2.48. The van der Waals surface area contributed by atoms with E-state index in [1.165, 1.54) is 12.4 Å². The first-order valence-corrected chi connectivity index (χ1v) is 8.63. The van der Waals surface area contributed by atoms with Gasteiger partial charge in [-0.15, -0.1) is 0 Å². The number of rotatable bonds is 8. The van der Waals surface area contributed by atoms with Gasteiger partial charge in [0, 0.05) is 6.20 Å². The number of aryl methyl sites for hydroxylation is 1. The summed E-state index contributed by atoms with van der Waals surface area (Å²) < 4.78 is 0. The molecule has 8 heteroatoms. The summed E-state index contributed by atoms with van der Waals surface area (Å²) in [6.07, 6.45) is 8.56. The lowest BCUT2D eigenvalue weighted by atomic mass is 9.94. The Labute approximate surface area is 147 Å². The number of unbranched alkanes of at least 4 members (excludes halogenated alkanes) is 4. The number of aromatic nitrogens is 2. The van der Waals surface area contributed by atoms with E-state index in [4.69, 9.17) is 0 Å². The molecule has 0 spiro atoms. The first-order valence-electron chi connectivity index (χ1n) is 8.63. The highest BCUT2D eigenvalue weighted by Crippen LogP contribution is 2.23. The second-order valence-corrected chi connectivity index (χ2v) is 6.55. The number of amides is 4. The normalized spacial score (nSPS) is 19.9. The first kappa shape index (κ1) is 18.8. The molecule has 1 aromatic rings. The third-order valence-electron chi connectivity index (χ3n) is 4.27. The molecule has 0 aromatic carbocycles. The van der Waals surface area contributed by atoms with E-state index in [0.717, 1.165) is 37.1 Å². The molecule has 25 heavy (non-hydrogen) atoms. The van der Waals surface area contributed by atoms with Crippen LogP contribution in [0, 0.1) is 6.92 Å². The Bertz CT molecular complexity index is 646. The van der Waals surface area contributed by atoms with Gasteiger partial charge in [0.1, 0.15) is 11.2 Å². The van der Waals surface area contributed by atoms with Gasteiger partial charge in [0.05, 0.1) is 11.9 Å². The van der Waals surface area contributed by atoms with Gasteiger partial charge < -0.3 is 5.32 Å². The smallest absolute Gasteiger partial charge is 0.322 e. The van der Waals surface area contributed by atoms with E-state index in [1.54, 1.807) is 13.8 Å². The fourth-order valence-electron chi connectivity index (χ4n) is 2.71. The largest absolute Gasteiger partial charge is 0.344 e. The first-order chi connectivity index (χ1) is 11.9. The summed E-state index contributed by atoms with van der Waals surface area (Å²) in [7, 11) is 0. The molecule has 0 radical (unpaired) electrons. The van der Waals surface area contributed by atoms with Gasteiger partial charge in [-0.25, -0.2) is 9.78 Å². The summed E-state index contributed by atoms with van der Waals surface area (Å²) in [4.78, 5) is 44.7. The summed E-state index contributed by atoms with van der Waals surface area (Å²) in [6.45, 7) is 5.57. The topological polar surface area (TPSA) is 104 Å². The molecular weight excluding hydrogens is 322 g/mol. The van der Waals surface area contributed by atoms with Gasteiger partial charge in [-0.05, 0) is 20.3 Å². The number of hydrogen-bond donors (Lipinski definition) is 2. The quantitative estimate of drug-likeness (QED) is 0.553. The number of hydrazine groups is 1. The second kappa shape index (κ2) is 8.04. The molecule has 0 saturated carbocycles. The Balaban J connectivity index is 1.95. The van der Waals surface area contributed by atoms with Crippen LogP contribution in [0.2, 0.25) is 0 Å². The molecule has 1 atom stereocenters. The highest BCUT2D eigenvalue weighted by molar-refractivity contribution is 6.08. The molecule has 2 N–H and O–H groups in total. The van der Waals surface area contributed by atoms with Crippen molar-refractivity contribution in [2.24, 2.45) is 0 Å². The van der Waals surface area contributed by atoms with Gasteiger partial charge in [-0.2, -0.15) is 5.01 Å². The molecule has 2 rings (SSSR count). The molecule has 1 saturated heterocycles. The molecular formula is C17H25N5O3. The minimum atomic E-state index is -0.991. The lowest BCUT2D eigenvalue weighted by Crippen LogP contribution is -2.49. The maximum Gasteiger partial charge on any atom is 0.344 e. The molecule has 8 nitrogen and oxygen atoms in total. The molecule has 0 aliphatic carbocycles. The van der Waals surface area contributed by atoms with Crippen LogP contribution in [0.4, 0.5) is 4.79 Å². The molecule has 2 heterocycles. The van der Waals surface area contributed by atoms with Gasteiger partial charge in [0.2, 0.25) is 0 Å². The van der Waals surface area contributed by atoms with Crippen LogP contribution in [0.3, 0.4) is 0 Å². The Morgan fingerprint density at radius 1 is 1.20 bits per heavy atom. The highest BCUT2D eigenvalue weighted by atomic mass is 16.2. The number of imide groups is 1. The van der Waals surface area contributed by atoms with Crippen molar-refractivity contribution >= 4 is 17.8 Å². The maximum absolute atomic E-state index is 12.6. The Hall–Kier alpha value is -2.51. The summed E-state index contributed by atoms with van der Waals surface area (Å²) >= 11 is 0. The number of hydrogen-bond acceptors (Lipinski definition) is 5. The molecule has 1 aliphatic heterocycles. The Morgan fingerprint density at radius 3 is 2.56 bits per heavy atom. The van der Waals surface area contributed by atoms with Gasteiger partial charge in [-0.3, -0.25) is 20.0 Å². The minimum absolute atomic E-state index is 0.0411.